The van der Waals surface area contributed by atoms with E-state index in [4.69, 9.17) is 9.42 Å². The van der Waals surface area contributed by atoms with Crippen molar-refractivity contribution >= 4 is 7.60 Å². The lowest BCUT2D eigenvalue weighted by Crippen LogP contribution is -2.46. The number of nitrogens with one attached hydrogen (secondary N) is 1. The van der Waals surface area contributed by atoms with E-state index in [0.29, 0.717) is 19.7 Å². The summed E-state index contributed by atoms with van der Waals surface area (Å²) in [5, 5.41) is 2.91. The van der Waals surface area contributed by atoms with Crippen molar-refractivity contribution in [3.05, 3.63) is 0 Å². The molecule has 0 aliphatic carbocycles. The summed E-state index contributed by atoms with van der Waals surface area (Å²) < 4.78 is 15.8. The van der Waals surface area contributed by atoms with Gasteiger partial charge in [-0.05, 0) is 6.92 Å². The molecule has 0 aromatic rings. The van der Waals surface area contributed by atoms with Crippen LogP contribution >= 0.6 is 7.60 Å². The Morgan fingerprint density at radius 1 is 1.80 bits per heavy atom. The Balaban J connectivity index is 2.41. The molecule has 4 nitrogen and oxygen atoms in total. The van der Waals surface area contributed by atoms with Crippen LogP contribution in [0.1, 0.15) is 6.92 Å². The first-order valence-electron chi connectivity index (χ1n) is 3.34. The highest BCUT2D eigenvalue weighted by molar-refractivity contribution is 7.53. The maximum Gasteiger partial charge on any atom is 0.333 e. The second-order valence-corrected chi connectivity index (χ2v) is 4.41. The average Bonchev–Trinajstić information content (AvgIpc) is 1.56. The molecule has 0 saturated carbocycles. The predicted octanol–water partition coefficient (Wildman–Crippen LogP) is 0.180. The van der Waals surface area contributed by atoms with E-state index in [-0.39, 0.29) is 5.66 Å². The molecule has 0 radical (unpaired) electrons. The Morgan fingerprint density at radius 2 is 2.40 bits per heavy atom. The van der Waals surface area contributed by atoms with Crippen molar-refractivity contribution in [3.8, 4) is 0 Å². The molecule has 0 bridgehead atoms. The SMILES string of the molecule is CCOP(=O)(O)C1CNC1. The molecule has 0 amide bonds. The van der Waals surface area contributed by atoms with Gasteiger partial charge >= 0.3 is 7.60 Å². The first kappa shape index (κ1) is 8.21. The Bertz CT molecular complexity index is 157. The summed E-state index contributed by atoms with van der Waals surface area (Å²) in [5.41, 5.74) is -0.174. The molecule has 5 heteroatoms. The number of rotatable bonds is 3. The fraction of sp³-hybridized carbons (Fsp3) is 1.00. The third-order valence-corrected chi connectivity index (χ3v) is 3.45. The van der Waals surface area contributed by atoms with Gasteiger partial charge in [-0.15, -0.1) is 0 Å². The molecule has 0 aromatic heterocycles. The average molecular weight is 165 g/mol. The molecule has 1 rings (SSSR count). The van der Waals surface area contributed by atoms with Crippen molar-refractivity contribution in [2.24, 2.45) is 0 Å². The molecule has 1 saturated heterocycles. The second kappa shape index (κ2) is 3.01. The summed E-state index contributed by atoms with van der Waals surface area (Å²) in [7, 11) is -3.26. The van der Waals surface area contributed by atoms with E-state index in [1.54, 1.807) is 6.92 Å². The lowest BCUT2D eigenvalue weighted by Gasteiger charge is -2.29. The van der Waals surface area contributed by atoms with Gasteiger partial charge in [-0.2, -0.15) is 0 Å². The monoisotopic (exact) mass is 165 g/mol. The van der Waals surface area contributed by atoms with Crippen LogP contribution in [0.25, 0.3) is 0 Å². The standard InChI is InChI=1S/C5H12NO3P/c1-2-9-10(7,8)5-3-6-4-5/h5-6H,2-4H2,1H3,(H,7,8). The van der Waals surface area contributed by atoms with Crippen molar-refractivity contribution in [1.82, 2.24) is 5.32 Å². The van der Waals surface area contributed by atoms with E-state index in [1.807, 2.05) is 0 Å². The second-order valence-electron chi connectivity index (χ2n) is 2.29. The van der Waals surface area contributed by atoms with Crippen LogP contribution in [0.15, 0.2) is 0 Å². The zero-order valence-corrected chi connectivity index (χ0v) is 6.80. The minimum Gasteiger partial charge on any atom is -0.324 e. The smallest absolute Gasteiger partial charge is 0.324 e. The normalized spacial score (nSPS) is 25.4. The van der Waals surface area contributed by atoms with Crippen molar-refractivity contribution < 1.29 is 14.0 Å². The minimum absolute atomic E-state index is 0.174. The first-order valence-corrected chi connectivity index (χ1v) is 4.99. The molecule has 1 unspecified atom stereocenters. The van der Waals surface area contributed by atoms with Crippen LogP contribution in [-0.4, -0.2) is 30.2 Å². The Kier molecular flexibility index (Phi) is 2.47. The van der Waals surface area contributed by atoms with Gasteiger partial charge in [-0.3, -0.25) is 4.57 Å². The fourth-order valence-electron chi connectivity index (χ4n) is 0.795. The van der Waals surface area contributed by atoms with Gasteiger partial charge < -0.3 is 14.7 Å². The molecule has 2 N–H and O–H groups in total. The van der Waals surface area contributed by atoms with Gasteiger partial charge in [0.1, 0.15) is 0 Å². The highest BCUT2D eigenvalue weighted by Gasteiger charge is 2.36. The van der Waals surface area contributed by atoms with Crippen LogP contribution in [0.2, 0.25) is 0 Å². The molecule has 1 heterocycles. The van der Waals surface area contributed by atoms with E-state index in [0.717, 1.165) is 0 Å². The molecular weight excluding hydrogens is 153 g/mol. The van der Waals surface area contributed by atoms with Gasteiger partial charge in [0.25, 0.3) is 0 Å². The topological polar surface area (TPSA) is 58.6 Å². The summed E-state index contributed by atoms with van der Waals surface area (Å²) >= 11 is 0. The largest absolute Gasteiger partial charge is 0.333 e. The number of hydrogen-bond acceptors (Lipinski definition) is 3. The van der Waals surface area contributed by atoms with Gasteiger partial charge in [0.2, 0.25) is 0 Å². The predicted molar refractivity (Wildman–Crippen MR) is 38.1 cm³/mol. The van der Waals surface area contributed by atoms with Crippen molar-refractivity contribution in [1.29, 1.82) is 0 Å². The highest BCUT2D eigenvalue weighted by atomic mass is 31.2. The summed E-state index contributed by atoms with van der Waals surface area (Å²) in [4.78, 5) is 9.13. The van der Waals surface area contributed by atoms with Crippen LogP contribution in [0, 0.1) is 0 Å². The zero-order valence-electron chi connectivity index (χ0n) is 5.91. The van der Waals surface area contributed by atoms with Crippen molar-refractivity contribution in [2.45, 2.75) is 12.6 Å². The lowest BCUT2D eigenvalue weighted by atomic mass is 10.3. The van der Waals surface area contributed by atoms with Gasteiger partial charge in [-0.1, -0.05) is 0 Å². The molecule has 1 fully saturated rings. The molecule has 0 spiro atoms. The fourth-order valence-corrected chi connectivity index (χ4v) is 2.09. The highest BCUT2D eigenvalue weighted by Crippen LogP contribution is 2.48. The van der Waals surface area contributed by atoms with Gasteiger partial charge in [0, 0.05) is 13.1 Å². The Hall–Kier alpha value is 0.110. The van der Waals surface area contributed by atoms with E-state index < -0.39 is 7.60 Å². The van der Waals surface area contributed by atoms with E-state index >= 15 is 0 Å². The van der Waals surface area contributed by atoms with Crippen molar-refractivity contribution in [3.63, 3.8) is 0 Å². The van der Waals surface area contributed by atoms with Crippen LogP contribution in [-0.2, 0) is 9.09 Å². The summed E-state index contributed by atoms with van der Waals surface area (Å²) in [6.07, 6.45) is 0. The van der Waals surface area contributed by atoms with Gasteiger partial charge in [-0.25, -0.2) is 0 Å². The maximum atomic E-state index is 11.1. The zero-order chi connectivity index (χ0) is 7.61. The summed E-state index contributed by atoms with van der Waals surface area (Å²) in [5.74, 6) is 0. The molecular formula is C5H12NO3P. The molecule has 10 heavy (non-hydrogen) atoms. The molecule has 1 aliphatic heterocycles. The third-order valence-electron chi connectivity index (χ3n) is 1.54. The molecule has 1 aliphatic rings. The number of hydrogen-bond donors (Lipinski definition) is 2. The molecule has 60 valence electrons. The van der Waals surface area contributed by atoms with E-state index in [9.17, 15) is 4.57 Å². The third kappa shape index (κ3) is 1.58. The summed E-state index contributed by atoms with van der Waals surface area (Å²) in [6, 6.07) is 0. The van der Waals surface area contributed by atoms with Gasteiger partial charge in [0.15, 0.2) is 0 Å². The van der Waals surface area contributed by atoms with Crippen LogP contribution in [0.5, 0.6) is 0 Å². The first-order chi connectivity index (χ1) is 4.67. The van der Waals surface area contributed by atoms with Crippen LogP contribution in [0.3, 0.4) is 0 Å². The Labute approximate surface area is 60.1 Å². The van der Waals surface area contributed by atoms with E-state index in [2.05, 4.69) is 5.32 Å². The lowest BCUT2D eigenvalue weighted by molar-refractivity contribution is 0.253. The Morgan fingerprint density at radius 3 is 2.70 bits per heavy atom. The molecule has 1 atom stereocenters. The minimum atomic E-state index is -3.26. The van der Waals surface area contributed by atoms with Crippen molar-refractivity contribution in [2.75, 3.05) is 19.7 Å². The molecule has 0 aromatic carbocycles. The van der Waals surface area contributed by atoms with E-state index in [1.165, 1.54) is 0 Å². The van der Waals surface area contributed by atoms with Crippen LogP contribution < -0.4 is 5.32 Å². The maximum absolute atomic E-state index is 11.1. The summed E-state index contributed by atoms with van der Waals surface area (Å²) in [6.45, 7) is 3.24. The van der Waals surface area contributed by atoms with Gasteiger partial charge in [0.05, 0.1) is 12.3 Å². The quantitative estimate of drug-likeness (QED) is 0.585. The van der Waals surface area contributed by atoms with Crippen LogP contribution in [0.4, 0.5) is 0 Å².